The minimum absolute atomic E-state index is 0.178. The Morgan fingerprint density at radius 1 is 1.19 bits per heavy atom. The van der Waals surface area contributed by atoms with E-state index < -0.39 is 0 Å². The van der Waals surface area contributed by atoms with Crippen LogP contribution in [-0.4, -0.2) is 17.6 Å². The van der Waals surface area contributed by atoms with E-state index in [1.807, 2.05) is 24.3 Å². The Bertz CT molecular complexity index is 647. The van der Waals surface area contributed by atoms with Gasteiger partial charge in [-0.25, -0.2) is 4.98 Å². The third-order valence-electron chi connectivity index (χ3n) is 4.01. The number of rotatable bonds is 2. The first-order valence-electron chi connectivity index (χ1n) is 7.22. The third-order valence-corrected chi connectivity index (χ3v) is 4.01. The fraction of sp³-hybridized carbons (Fsp3) is 0.294. The van der Waals surface area contributed by atoms with Crippen molar-refractivity contribution in [1.29, 1.82) is 5.26 Å². The molecule has 4 nitrogen and oxygen atoms in total. The van der Waals surface area contributed by atoms with Gasteiger partial charge in [-0.3, -0.25) is 0 Å². The number of nitrogens with two attached hydrogens (primary N) is 1. The van der Waals surface area contributed by atoms with Crippen LogP contribution in [0.1, 0.15) is 30.0 Å². The average Bonchev–Trinajstić information content (AvgIpc) is 2.55. The summed E-state index contributed by atoms with van der Waals surface area (Å²) in [7, 11) is 0. The van der Waals surface area contributed by atoms with Crippen molar-refractivity contribution in [2.75, 3.05) is 11.4 Å². The predicted octanol–water partition coefficient (Wildman–Crippen LogP) is 2.62. The second kappa shape index (κ2) is 5.94. The van der Waals surface area contributed by atoms with E-state index in [0.717, 1.165) is 25.2 Å². The van der Waals surface area contributed by atoms with Crippen LogP contribution in [0.2, 0.25) is 0 Å². The van der Waals surface area contributed by atoms with Gasteiger partial charge >= 0.3 is 0 Å². The zero-order chi connectivity index (χ0) is 14.7. The summed E-state index contributed by atoms with van der Waals surface area (Å²) in [6, 6.07) is 16.6. The molecule has 2 unspecified atom stereocenters. The lowest BCUT2D eigenvalue weighted by atomic mass is 9.92. The standard InChI is InChI=1S/C17H18N4/c18-12-14-7-4-9-20-17(14)21-10-8-15(19)11-16(21)13-5-2-1-3-6-13/h1-7,9,15-16H,8,10-11,19H2. The molecule has 106 valence electrons. The SMILES string of the molecule is N#Cc1cccnc1N1CCC(N)CC1c1ccccc1. The molecule has 1 saturated heterocycles. The van der Waals surface area contributed by atoms with E-state index in [9.17, 15) is 5.26 Å². The number of nitriles is 1. The molecular weight excluding hydrogens is 260 g/mol. The van der Waals surface area contributed by atoms with Crippen LogP contribution in [0.15, 0.2) is 48.7 Å². The highest BCUT2D eigenvalue weighted by atomic mass is 15.2. The van der Waals surface area contributed by atoms with Gasteiger partial charge in [0.1, 0.15) is 11.9 Å². The summed E-state index contributed by atoms with van der Waals surface area (Å²) >= 11 is 0. The molecule has 0 aliphatic carbocycles. The fourth-order valence-electron chi connectivity index (χ4n) is 2.95. The molecule has 0 saturated carbocycles. The van der Waals surface area contributed by atoms with Crippen LogP contribution < -0.4 is 10.6 Å². The maximum absolute atomic E-state index is 9.32. The number of pyridine rings is 1. The first-order valence-corrected chi connectivity index (χ1v) is 7.22. The second-order valence-electron chi connectivity index (χ2n) is 5.39. The number of hydrogen-bond acceptors (Lipinski definition) is 4. The van der Waals surface area contributed by atoms with E-state index in [2.05, 4.69) is 28.1 Å². The van der Waals surface area contributed by atoms with Crippen molar-refractivity contribution < 1.29 is 0 Å². The van der Waals surface area contributed by atoms with E-state index in [1.54, 1.807) is 12.3 Å². The van der Waals surface area contributed by atoms with E-state index in [4.69, 9.17) is 5.73 Å². The van der Waals surface area contributed by atoms with Crippen molar-refractivity contribution in [2.24, 2.45) is 5.73 Å². The Balaban J connectivity index is 2.01. The van der Waals surface area contributed by atoms with Crippen LogP contribution in [0.25, 0.3) is 0 Å². The van der Waals surface area contributed by atoms with Gasteiger partial charge in [0.2, 0.25) is 0 Å². The summed E-state index contributed by atoms with van der Waals surface area (Å²) in [5.74, 6) is 0.765. The maximum atomic E-state index is 9.32. The summed E-state index contributed by atoms with van der Waals surface area (Å²) in [6.45, 7) is 0.826. The monoisotopic (exact) mass is 278 g/mol. The Labute approximate surface area is 124 Å². The number of piperidine rings is 1. The first kappa shape index (κ1) is 13.6. The van der Waals surface area contributed by atoms with Gasteiger partial charge in [-0.05, 0) is 30.5 Å². The van der Waals surface area contributed by atoms with Gasteiger partial charge in [0, 0.05) is 18.8 Å². The highest BCUT2D eigenvalue weighted by Gasteiger charge is 2.30. The van der Waals surface area contributed by atoms with Gasteiger partial charge in [-0.2, -0.15) is 5.26 Å². The van der Waals surface area contributed by atoms with Crippen molar-refractivity contribution in [3.05, 3.63) is 59.8 Å². The lowest BCUT2D eigenvalue weighted by Crippen LogP contribution is -2.42. The summed E-state index contributed by atoms with van der Waals surface area (Å²) in [4.78, 5) is 6.66. The molecule has 0 bridgehead atoms. The molecule has 4 heteroatoms. The van der Waals surface area contributed by atoms with Gasteiger partial charge in [-0.15, -0.1) is 0 Å². The Morgan fingerprint density at radius 2 is 2.00 bits per heavy atom. The minimum Gasteiger partial charge on any atom is -0.348 e. The number of aromatic nitrogens is 1. The Kier molecular flexibility index (Phi) is 3.85. The third kappa shape index (κ3) is 2.74. The topological polar surface area (TPSA) is 65.9 Å². The molecule has 3 rings (SSSR count). The second-order valence-corrected chi connectivity index (χ2v) is 5.39. The predicted molar refractivity (Wildman–Crippen MR) is 82.7 cm³/mol. The lowest BCUT2D eigenvalue weighted by Gasteiger charge is -2.39. The number of nitrogens with zero attached hydrogens (tertiary/aromatic N) is 3. The molecule has 21 heavy (non-hydrogen) atoms. The first-order chi connectivity index (χ1) is 10.3. The van der Waals surface area contributed by atoms with Crippen LogP contribution in [-0.2, 0) is 0 Å². The highest BCUT2D eigenvalue weighted by Crippen LogP contribution is 2.34. The van der Waals surface area contributed by atoms with Crippen LogP contribution in [0, 0.1) is 11.3 Å². The van der Waals surface area contributed by atoms with Crippen LogP contribution in [0.3, 0.4) is 0 Å². The molecule has 1 aliphatic rings. The molecule has 1 aromatic carbocycles. The molecule has 2 heterocycles. The van der Waals surface area contributed by atoms with E-state index in [1.165, 1.54) is 5.56 Å². The quantitative estimate of drug-likeness (QED) is 0.917. The number of hydrogen-bond donors (Lipinski definition) is 1. The molecular formula is C17H18N4. The zero-order valence-electron chi connectivity index (χ0n) is 11.8. The maximum Gasteiger partial charge on any atom is 0.146 e. The van der Waals surface area contributed by atoms with Crippen LogP contribution in [0.5, 0.6) is 0 Å². The van der Waals surface area contributed by atoms with Crippen LogP contribution in [0.4, 0.5) is 5.82 Å². The van der Waals surface area contributed by atoms with E-state index in [0.29, 0.717) is 5.56 Å². The van der Waals surface area contributed by atoms with Gasteiger partial charge in [0.05, 0.1) is 11.6 Å². The lowest BCUT2D eigenvalue weighted by molar-refractivity contribution is 0.417. The molecule has 0 radical (unpaired) electrons. The molecule has 0 amide bonds. The molecule has 2 aromatic rings. The molecule has 2 N–H and O–H groups in total. The smallest absolute Gasteiger partial charge is 0.146 e. The van der Waals surface area contributed by atoms with Gasteiger partial charge in [0.25, 0.3) is 0 Å². The van der Waals surface area contributed by atoms with E-state index in [-0.39, 0.29) is 12.1 Å². The molecule has 1 fully saturated rings. The molecule has 0 spiro atoms. The van der Waals surface area contributed by atoms with Crippen molar-refractivity contribution in [2.45, 2.75) is 24.9 Å². The average molecular weight is 278 g/mol. The number of benzene rings is 1. The Hall–Kier alpha value is -2.38. The van der Waals surface area contributed by atoms with Crippen molar-refractivity contribution in [3.8, 4) is 6.07 Å². The molecule has 2 atom stereocenters. The van der Waals surface area contributed by atoms with E-state index >= 15 is 0 Å². The molecule has 1 aliphatic heterocycles. The highest BCUT2D eigenvalue weighted by molar-refractivity contribution is 5.55. The summed E-state index contributed by atoms with van der Waals surface area (Å²) < 4.78 is 0. The van der Waals surface area contributed by atoms with Crippen LogP contribution >= 0.6 is 0 Å². The largest absolute Gasteiger partial charge is 0.348 e. The summed E-state index contributed by atoms with van der Waals surface area (Å²) in [6.07, 6.45) is 3.54. The summed E-state index contributed by atoms with van der Waals surface area (Å²) in [5, 5.41) is 9.32. The van der Waals surface area contributed by atoms with Crippen molar-refractivity contribution in [3.63, 3.8) is 0 Å². The van der Waals surface area contributed by atoms with Gasteiger partial charge in [0.15, 0.2) is 0 Å². The fourth-order valence-corrected chi connectivity index (χ4v) is 2.95. The minimum atomic E-state index is 0.178. The normalized spacial score (nSPS) is 21.8. The zero-order valence-corrected chi connectivity index (χ0v) is 11.8. The number of anilines is 1. The van der Waals surface area contributed by atoms with Crippen molar-refractivity contribution >= 4 is 5.82 Å². The van der Waals surface area contributed by atoms with Gasteiger partial charge in [-0.1, -0.05) is 30.3 Å². The molecule has 1 aromatic heterocycles. The summed E-state index contributed by atoms with van der Waals surface area (Å²) in [5.41, 5.74) is 8.00. The Morgan fingerprint density at radius 3 is 2.76 bits per heavy atom. The van der Waals surface area contributed by atoms with Crippen molar-refractivity contribution in [1.82, 2.24) is 4.98 Å². The van der Waals surface area contributed by atoms with Gasteiger partial charge < -0.3 is 10.6 Å².